The fraction of sp³-hybridized carbons (Fsp3) is 0.400. The molecule has 1 heterocycles. The van der Waals surface area contributed by atoms with Gasteiger partial charge in [-0.15, -0.1) is 0 Å². The molecule has 1 saturated carbocycles. The van der Waals surface area contributed by atoms with Gasteiger partial charge in [0.05, 0.1) is 5.92 Å². The molecule has 0 radical (unpaired) electrons. The Morgan fingerprint density at radius 1 is 1.32 bits per heavy atom. The molecule has 22 heavy (non-hydrogen) atoms. The van der Waals surface area contributed by atoms with Gasteiger partial charge in [-0.3, -0.25) is 14.9 Å². The van der Waals surface area contributed by atoms with Crippen LogP contribution in [0.5, 0.6) is 0 Å². The second kappa shape index (κ2) is 5.28. The number of carbonyl (C=O) groups excluding carboxylic acids is 2. The van der Waals surface area contributed by atoms with Crippen molar-refractivity contribution in [3.05, 3.63) is 34.9 Å². The van der Waals surface area contributed by atoms with Gasteiger partial charge in [0.2, 0.25) is 0 Å². The minimum atomic E-state index is -1.13. The quantitative estimate of drug-likeness (QED) is 0.717. The van der Waals surface area contributed by atoms with Crippen LogP contribution in [0.3, 0.4) is 0 Å². The molecule has 1 saturated heterocycles. The first-order valence-corrected chi connectivity index (χ1v) is 7.41. The number of carboxylic acid groups (broad SMARTS) is 1. The molecule has 1 aromatic carbocycles. The van der Waals surface area contributed by atoms with Crippen molar-refractivity contribution in [1.29, 1.82) is 0 Å². The summed E-state index contributed by atoms with van der Waals surface area (Å²) in [7, 11) is 0. The number of nitrogens with one attached hydrogen (secondary N) is 2. The number of rotatable bonds is 5. The highest BCUT2D eigenvalue weighted by molar-refractivity contribution is 6.30. The van der Waals surface area contributed by atoms with E-state index in [9.17, 15) is 14.4 Å². The van der Waals surface area contributed by atoms with E-state index in [1.807, 2.05) is 12.1 Å². The Kier molecular flexibility index (Phi) is 3.56. The zero-order valence-electron chi connectivity index (χ0n) is 11.6. The number of urea groups is 1. The SMILES string of the molecule is O=C1NC(=O)C(CCc2ccc(Cl)cc2)(C2CC2C(=O)O)N1. The summed E-state index contributed by atoms with van der Waals surface area (Å²) in [4.78, 5) is 34.9. The molecule has 116 valence electrons. The molecule has 0 aromatic heterocycles. The highest BCUT2D eigenvalue weighted by Gasteiger charge is 2.62. The maximum atomic E-state index is 12.2. The van der Waals surface area contributed by atoms with Crippen LogP contribution in [0.2, 0.25) is 5.02 Å². The van der Waals surface area contributed by atoms with Crippen LogP contribution in [0, 0.1) is 11.8 Å². The van der Waals surface area contributed by atoms with Crippen molar-refractivity contribution in [2.75, 3.05) is 0 Å². The van der Waals surface area contributed by atoms with Gasteiger partial charge in [-0.2, -0.15) is 0 Å². The fourth-order valence-electron chi connectivity index (χ4n) is 3.13. The Balaban J connectivity index is 1.78. The van der Waals surface area contributed by atoms with E-state index < -0.39 is 29.4 Å². The van der Waals surface area contributed by atoms with Crippen LogP contribution >= 0.6 is 11.6 Å². The third kappa shape index (κ3) is 2.54. The zero-order valence-corrected chi connectivity index (χ0v) is 12.4. The molecule has 0 bridgehead atoms. The van der Waals surface area contributed by atoms with Gasteiger partial charge in [0.25, 0.3) is 5.91 Å². The number of carboxylic acids is 1. The van der Waals surface area contributed by atoms with Crippen LogP contribution in [0.25, 0.3) is 0 Å². The molecule has 3 unspecified atom stereocenters. The van der Waals surface area contributed by atoms with Crippen molar-refractivity contribution in [2.45, 2.75) is 24.8 Å². The molecule has 3 atom stereocenters. The number of imide groups is 1. The van der Waals surface area contributed by atoms with E-state index in [4.69, 9.17) is 16.7 Å². The second-order valence-electron chi connectivity index (χ2n) is 5.79. The molecule has 3 amide bonds. The number of amides is 3. The lowest BCUT2D eigenvalue weighted by molar-refractivity contribution is -0.139. The molecule has 7 heteroatoms. The van der Waals surface area contributed by atoms with Crippen LogP contribution in [0.4, 0.5) is 4.79 Å². The van der Waals surface area contributed by atoms with Gasteiger partial charge in [0, 0.05) is 10.9 Å². The topological polar surface area (TPSA) is 95.5 Å². The van der Waals surface area contributed by atoms with Gasteiger partial charge >= 0.3 is 12.0 Å². The first kappa shape index (κ1) is 14.8. The monoisotopic (exact) mass is 322 g/mol. The Bertz CT molecular complexity index is 645. The highest BCUT2D eigenvalue weighted by atomic mass is 35.5. The third-order valence-electron chi connectivity index (χ3n) is 4.43. The number of halogens is 1. The summed E-state index contributed by atoms with van der Waals surface area (Å²) in [6.45, 7) is 0. The molecular weight excluding hydrogens is 308 g/mol. The molecule has 0 spiro atoms. The van der Waals surface area contributed by atoms with Crippen molar-refractivity contribution < 1.29 is 19.5 Å². The van der Waals surface area contributed by atoms with Crippen molar-refractivity contribution in [1.82, 2.24) is 10.6 Å². The summed E-state index contributed by atoms with van der Waals surface area (Å²) >= 11 is 5.84. The van der Waals surface area contributed by atoms with Crippen molar-refractivity contribution >= 4 is 29.5 Å². The molecule has 1 aromatic rings. The molecule has 1 aliphatic heterocycles. The lowest BCUT2D eigenvalue weighted by Gasteiger charge is -2.26. The molecule has 6 nitrogen and oxygen atoms in total. The average Bonchev–Trinajstić information content (AvgIpc) is 3.21. The second-order valence-corrected chi connectivity index (χ2v) is 6.23. The number of hydrogen-bond donors (Lipinski definition) is 3. The fourth-order valence-corrected chi connectivity index (χ4v) is 3.26. The summed E-state index contributed by atoms with van der Waals surface area (Å²) in [5.74, 6) is -2.29. The average molecular weight is 323 g/mol. The predicted octanol–water partition coefficient (Wildman–Crippen LogP) is 1.57. The standard InChI is InChI=1S/C15H15ClN2O4/c16-9-3-1-8(2-4-9)5-6-15(11-7-10(11)12(19)20)13(21)17-14(22)18-15/h1-4,10-11H,5-7H2,(H,19,20)(H2,17,18,21,22). The van der Waals surface area contributed by atoms with Gasteiger partial charge in [-0.05, 0) is 37.0 Å². The first-order chi connectivity index (χ1) is 10.4. The van der Waals surface area contributed by atoms with Crippen LogP contribution in [-0.4, -0.2) is 28.6 Å². The van der Waals surface area contributed by atoms with E-state index in [1.54, 1.807) is 12.1 Å². The first-order valence-electron chi connectivity index (χ1n) is 7.03. The Morgan fingerprint density at radius 3 is 2.50 bits per heavy atom. The number of aliphatic carboxylic acids is 1. The van der Waals surface area contributed by atoms with Crippen LogP contribution < -0.4 is 10.6 Å². The van der Waals surface area contributed by atoms with Gasteiger partial charge in [-0.25, -0.2) is 4.79 Å². The molecular formula is C15H15ClN2O4. The molecule has 3 rings (SSSR count). The molecule has 3 N–H and O–H groups in total. The van der Waals surface area contributed by atoms with Crippen LogP contribution in [-0.2, 0) is 16.0 Å². The number of benzene rings is 1. The normalized spacial score (nSPS) is 29.9. The van der Waals surface area contributed by atoms with E-state index in [1.165, 1.54) is 0 Å². The Hall–Kier alpha value is -2.08. The summed E-state index contributed by atoms with van der Waals surface area (Å²) in [5.41, 5.74) is -0.148. The lowest BCUT2D eigenvalue weighted by Crippen LogP contribution is -2.50. The van der Waals surface area contributed by atoms with Gasteiger partial charge in [-0.1, -0.05) is 23.7 Å². The maximum absolute atomic E-state index is 12.2. The van der Waals surface area contributed by atoms with E-state index in [-0.39, 0.29) is 5.92 Å². The summed E-state index contributed by atoms with van der Waals surface area (Å²) in [6.07, 6.45) is 1.32. The van der Waals surface area contributed by atoms with Crippen LogP contribution in [0.1, 0.15) is 18.4 Å². The molecule has 2 fully saturated rings. The van der Waals surface area contributed by atoms with E-state index in [2.05, 4.69) is 10.6 Å². The van der Waals surface area contributed by atoms with E-state index in [0.29, 0.717) is 24.3 Å². The van der Waals surface area contributed by atoms with Crippen LogP contribution in [0.15, 0.2) is 24.3 Å². The zero-order chi connectivity index (χ0) is 15.9. The Morgan fingerprint density at radius 2 is 2.00 bits per heavy atom. The van der Waals surface area contributed by atoms with Crippen molar-refractivity contribution in [2.24, 2.45) is 11.8 Å². The number of hydrogen-bond acceptors (Lipinski definition) is 3. The minimum absolute atomic E-state index is 0.358. The number of carbonyl (C=O) groups is 3. The van der Waals surface area contributed by atoms with Crippen molar-refractivity contribution in [3.8, 4) is 0 Å². The van der Waals surface area contributed by atoms with Gasteiger partial charge in [0.1, 0.15) is 5.54 Å². The predicted molar refractivity (Wildman–Crippen MR) is 78.4 cm³/mol. The summed E-state index contributed by atoms with van der Waals surface area (Å²) in [5, 5.41) is 14.6. The lowest BCUT2D eigenvalue weighted by atomic mass is 9.85. The maximum Gasteiger partial charge on any atom is 0.322 e. The highest BCUT2D eigenvalue weighted by Crippen LogP contribution is 2.49. The smallest absolute Gasteiger partial charge is 0.322 e. The van der Waals surface area contributed by atoms with Gasteiger partial charge in [0.15, 0.2) is 0 Å². The van der Waals surface area contributed by atoms with E-state index >= 15 is 0 Å². The van der Waals surface area contributed by atoms with Crippen molar-refractivity contribution in [3.63, 3.8) is 0 Å². The number of aryl methyl sites for hydroxylation is 1. The summed E-state index contributed by atoms with van der Waals surface area (Å²) in [6, 6.07) is 6.66. The van der Waals surface area contributed by atoms with Gasteiger partial charge < -0.3 is 10.4 Å². The van der Waals surface area contributed by atoms with E-state index in [0.717, 1.165) is 5.56 Å². The third-order valence-corrected chi connectivity index (χ3v) is 4.68. The minimum Gasteiger partial charge on any atom is -0.481 e. The Labute approximate surface area is 131 Å². The molecule has 1 aliphatic carbocycles. The summed E-state index contributed by atoms with van der Waals surface area (Å²) < 4.78 is 0. The molecule has 2 aliphatic rings. The largest absolute Gasteiger partial charge is 0.481 e.